The van der Waals surface area contributed by atoms with Gasteiger partial charge in [0.25, 0.3) is 5.91 Å². The summed E-state index contributed by atoms with van der Waals surface area (Å²) < 4.78 is 24.7. The molecule has 0 fully saturated rings. The van der Waals surface area contributed by atoms with Crippen molar-refractivity contribution < 1.29 is 23.4 Å². The number of phenolic OH excluding ortho intramolecular Hbond substituents is 2. The number of sulfonamides is 1. The van der Waals surface area contributed by atoms with E-state index in [2.05, 4.69) is 15.2 Å². The van der Waals surface area contributed by atoms with Crippen molar-refractivity contribution in [3.63, 3.8) is 0 Å². The number of carbonyl (C=O) groups excluding carboxylic acids is 1. The van der Waals surface area contributed by atoms with E-state index < -0.39 is 15.9 Å². The first kappa shape index (κ1) is 18.3. The average molecular weight is 363 g/mol. The van der Waals surface area contributed by atoms with Crippen molar-refractivity contribution in [1.29, 1.82) is 0 Å². The molecule has 0 aliphatic rings. The molecule has 0 unspecified atom stereocenters. The van der Waals surface area contributed by atoms with Crippen molar-refractivity contribution in [2.75, 3.05) is 11.0 Å². The molecule has 0 saturated heterocycles. The van der Waals surface area contributed by atoms with Crippen molar-refractivity contribution in [1.82, 2.24) is 5.43 Å². The number of aromatic hydroxyl groups is 2. The Morgan fingerprint density at radius 2 is 1.72 bits per heavy atom. The second-order valence-electron chi connectivity index (χ2n) is 5.29. The molecule has 0 saturated carbocycles. The van der Waals surface area contributed by atoms with E-state index in [1.807, 2.05) is 0 Å². The van der Waals surface area contributed by atoms with Gasteiger partial charge in [0.1, 0.15) is 11.5 Å². The standard InChI is InChI=1S/C16H17N3O5S/c1-10(11-3-5-12(6-4-11)19-25(2,23)24)17-18-16(22)14-8-7-13(20)9-15(14)21/h3-9,19-21H,1-2H3,(H,18,22). The monoisotopic (exact) mass is 363 g/mol. The van der Waals surface area contributed by atoms with Crippen molar-refractivity contribution in [2.45, 2.75) is 6.92 Å². The highest BCUT2D eigenvalue weighted by Crippen LogP contribution is 2.22. The third-order valence-electron chi connectivity index (χ3n) is 3.16. The van der Waals surface area contributed by atoms with Gasteiger partial charge >= 0.3 is 0 Å². The van der Waals surface area contributed by atoms with Gasteiger partial charge in [-0.3, -0.25) is 9.52 Å². The molecule has 0 atom stereocenters. The molecule has 0 aliphatic heterocycles. The van der Waals surface area contributed by atoms with Gasteiger partial charge in [0.15, 0.2) is 0 Å². The third kappa shape index (κ3) is 5.21. The number of hydrogen-bond donors (Lipinski definition) is 4. The molecule has 2 rings (SSSR count). The normalized spacial score (nSPS) is 11.8. The largest absolute Gasteiger partial charge is 0.508 e. The van der Waals surface area contributed by atoms with E-state index in [9.17, 15) is 23.4 Å². The number of nitrogens with zero attached hydrogens (tertiary/aromatic N) is 1. The minimum absolute atomic E-state index is 0.0259. The second-order valence-corrected chi connectivity index (χ2v) is 7.04. The van der Waals surface area contributed by atoms with Crippen molar-refractivity contribution in [3.8, 4) is 11.5 Å². The summed E-state index contributed by atoms with van der Waals surface area (Å²) in [4.78, 5) is 12.0. The van der Waals surface area contributed by atoms with Crippen LogP contribution >= 0.6 is 0 Å². The fourth-order valence-corrected chi connectivity index (χ4v) is 2.53. The molecular weight excluding hydrogens is 346 g/mol. The van der Waals surface area contributed by atoms with Gasteiger partial charge in [-0.2, -0.15) is 5.10 Å². The first-order chi connectivity index (χ1) is 11.7. The topological polar surface area (TPSA) is 128 Å². The maximum absolute atomic E-state index is 12.0. The summed E-state index contributed by atoms with van der Waals surface area (Å²) in [6.45, 7) is 1.66. The second kappa shape index (κ2) is 7.22. The van der Waals surface area contributed by atoms with Crippen molar-refractivity contribution >= 4 is 27.3 Å². The molecule has 0 spiro atoms. The Kier molecular flexibility index (Phi) is 5.28. The molecule has 9 heteroatoms. The zero-order valence-corrected chi connectivity index (χ0v) is 14.3. The maximum Gasteiger partial charge on any atom is 0.275 e. The van der Waals surface area contributed by atoms with Crippen LogP contribution in [0.25, 0.3) is 0 Å². The lowest BCUT2D eigenvalue weighted by atomic mass is 10.1. The number of nitrogens with one attached hydrogen (secondary N) is 2. The molecule has 1 amide bonds. The first-order valence-electron chi connectivity index (χ1n) is 7.10. The Bertz CT molecular complexity index is 921. The molecule has 8 nitrogen and oxygen atoms in total. The molecule has 2 aromatic rings. The fourth-order valence-electron chi connectivity index (χ4n) is 1.96. The Morgan fingerprint density at radius 3 is 2.28 bits per heavy atom. The Morgan fingerprint density at radius 1 is 1.08 bits per heavy atom. The summed E-state index contributed by atoms with van der Waals surface area (Å²) in [5.74, 6) is -1.15. The van der Waals surface area contributed by atoms with E-state index in [4.69, 9.17) is 0 Å². The number of hydrazone groups is 1. The van der Waals surface area contributed by atoms with Gasteiger partial charge in [-0.05, 0) is 36.8 Å². The SMILES string of the molecule is CC(=NNC(=O)c1ccc(O)cc1O)c1ccc(NS(C)(=O)=O)cc1. The number of anilines is 1. The molecule has 0 aliphatic carbocycles. The van der Waals surface area contributed by atoms with Gasteiger partial charge in [0, 0.05) is 11.8 Å². The number of rotatable bonds is 5. The van der Waals surface area contributed by atoms with Crippen molar-refractivity contribution in [3.05, 3.63) is 53.6 Å². The van der Waals surface area contributed by atoms with Gasteiger partial charge < -0.3 is 10.2 Å². The number of amides is 1. The van der Waals surface area contributed by atoms with Gasteiger partial charge in [0.05, 0.1) is 17.5 Å². The average Bonchev–Trinajstić information content (AvgIpc) is 2.51. The lowest BCUT2D eigenvalue weighted by Crippen LogP contribution is -2.19. The van der Waals surface area contributed by atoms with Crippen LogP contribution in [0.5, 0.6) is 11.5 Å². The van der Waals surface area contributed by atoms with Gasteiger partial charge in [-0.25, -0.2) is 13.8 Å². The van der Waals surface area contributed by atoms with E-state index in [1.165, 1.54) is 12.1 Å². The van der Waals surface area contributed by atoms with E-state index >= 15 is 0 Å². The Balaban J connectivity index is 2.09. The zero-order valence-electron chi connectivity index (χ0n) is 13.5. The molecule has 25 heavy (non-hydrogen) atoms. The van der Waals surface area contributed by atoms with E-state index in [0.29, 0.717) is 17.0 Å². The Hall–Kier alpha value is -3.07. The van der Waals surface area contributed by atoms with Crippen LogP contribution in [0.2, 0.25) is 0 Å². The lowest BCUT2D eigenvalue weighted by molar-refractivity contribution is 0.0952. The highest BCUT2D eigenvalue weighted by atomic mass is 32.2. The van der Waals surface area contributed by atoms with Gasteiger partial charge in [-0.1, -0.05) is 12.1 Å². The van der Waals surface area contributed by atoms with E-state index in [0.717, 1.165) is 12.3 Å². The predicted molar refractivity (Wildman–Crippen MR) is 94.4 cm³/mol. The summed E-state index contributed by atoms with van der Waals surface area (Å²) >= 11 is 0. The quantitative estimate of drug-likeness (QED) is 0.474. The smallest absolute Gasteiger partial charge is 0.275 e. The maximum atomic E-state index is 12.0. The summed E-state index contributed by atoms with van der Waals surface area (Å²) in [5, 5.41) is 22.8. The van der Waals surface area contributed by atoms with Crippen LogP contribution in [0.4, 0.5) is 5.69 Å². The summed E-state index contributed by atoms with van der Waals surface area (Å²) in [7, 11) is -3.35. The van der Waals surface area contributed by atoms with E-state index in [-0.39, 0.29) is 17.1 Å². The van der Waals surface area contributed by atoms with Crippen LogP contribution in [0.15, 0.2) is 47.6 Å². The summed E-state index contributed by atoms with van der Waals surface area (Å²) in [5.41, 5.74) is 3.85. The van der Waals surface area contributed by atoms with Crippen molar-refractivity contribution in [2.24, 2.45) is 5.10 Å². The van der Waals surface area contributed by atoms with Gasteiger partial charge in [0.2, 0.25) is 10.0 Å². The molecule has 132 valence electrons. The summed E-state index contributed by atoms with van der Waals surface area (Å²) in [6.07, 6.45) is 1.06. The van der Waals surface area contributed by atoms with Crippen LogP contribution in [-0.2, 0) is 10.0 Å². The van der Waals surface area contributed by atoms with Crippen LogP contribution < -0.4 is 10.1 Å². The molecule has 0 heterocycles. The third-order valence-corrected chi connectivity index (χ3v) is 3.76. The minimum atomic E-state index is -3.35. The predicted octanol–water partition coefficient (Wildman–Crippen LogP) is 1.62. The molecule has 0 aromatic heterocycles. The Labute approximate surface area is 144 Å². The van der Waals surface area contributed by atoms with Crippen LogP contribution in [0.1, 0.15) is 22.8 Å². The molecular formula is C16H17N3O5S. The molecule has 0 bridgehead atoms. The highest BCUT2D eigenvalue weighted by molar-refractivity contribution is 7.92. The van der Waals surface area contributed by atoms with Crippen LogP contribution in [0, 0.1) is 0 Å². The molecule has 4 N–H and O–H groups in total. The van der Waals surface area contributed by atoms with Crippen LogP contribution in [0.3, 0.4) is 0 Å². The van der Waals surface area contributed by atoms with Gasteiger partial charge in [-0.15, -0.1) is 0 Å². The lowest BCUT2D eigenvalue weighted by Gasteiger charge is -2.07. The molecule has 0 radical (unpaired) electrons. The number of phenols is 2. The summed E-state index contributed by atoms with van der Waals surface area (Å²) in [6, 6.07) is 10.0. The zero-order chi connectivity index (χ0) is 18.6. The number of carbonyl (C=O) groups is 1. The number of hydrogen-bond acceptors (Lipinski definition) is 6. The number of benzene rings is 2. The van der Waals surface area contributed by atoms with Crippen LogP contribution in [-0.4, -0.2) is 36.5 Å². The molecule has 2 aromatic carbocycles. The fraction of sp³-hybridized carbons (Fsp3) is 0.125. The minimum Gasteiger partial charge on any atom is -0.508 e. The van der Waals surface area contributed by atoms with E-state index in [1.54, 1.807) is 31.2 Å². The first-order valence-corrected chi connectivity index (χ1v) is 9.00. The highest BCUT2D eigenvalue weighted by Gasteiger charge is 2.11.